The molecular formula is C12H17NO6S. The monoisotopic (exact) mass is 303 g/mol. The zero-order valence-electron chi connectivity index (χ0n) is 10.8. The van der Waals surface area contributed by atoms with Gasteiger partial charge in [-0.1, -0.05) is 12.8 Å². The molecule has 3 N–H and O–H groups in total. The molecule has 0 spiro atoms. The van der Waals surface area contributed by atoms with E-state index in [-0.39, 0.29) is 13.2 Å². The second-order valence-corrected chi connectivity index (χ2v) is 6.81. The molecule has 7 nitrogen and oxygen atoms in total. The maximum atomic E-state index is 12.0. The average Bonchev–Trinajstić information content (AvgIpc) is 3.07. The summed E-state index contributed by atoms with van der Waals surface area (Å²) in [5.41, 5.74) is -0.421. The topological polar surface area (TPSA) is 117 Å². The molecule has 112 valence electrons. The van der Waals surface area contributed by atoms with Crippen LogP contribution in [0.2, 0.25) is 0 Å². The maximum absolute atomic E-state index is 12.0. The van der Waals surface area contributed by atoms with E-state index in [1.165, 1.54) is 0 Å². The molecule has 1 saturated carbocycles. The van der Waals surface area contributed by atoms with E-state index in [0.717, 1.165) is 37.8 Å². The Morgan fingerprint density at radius 2 is 2.00 bits per heavy atom. The van der Waals surface area contributed by atoms with Crippen LogP contribution in [0.15, 0.2) is 21.6 Å². The van der Waals surface area contributed by atoms with Gasteiger partial charge in [-0.05, 0) is 25.0 Å². The first kappa shape index (κ1) is 15.0. The fourth-order valence-electron chi connectivity index (χ4n) is 2.41. The van der Waals surface area contributed by atoms with Crippen molar-refractivity contribution in [2.24, 2.45) is 5.41 Å². The van der Waals surface area contributed by atoms with E-state index in [9.17, 15) is 18.3 Å². The van der Waals surface area contributed by atoms with Crippen LogP contribution in [0.1, 0.15) is 36.2 Å². The van der Waals surface area contributed by atoms with Gasteiger partial charge in [0.05, 0.1) is 0 Å². The number of rotatable bonds is 6. The summed E-state index contributed by atoms with van der Waals surface area (Å²) in [6, 6.07) is 2.19. The second-order valence-electron chi connectivity index (χ2n) is 5.11. The summed E-state index contributed by atoms with van der Waals surface area (Å²) in [6.07, 6.45) is 3.47. The van der Waals surface area contributed by atoms with Crippen LogP contribution in [0.5, 0.6) is 0 Å². The standard InChI is InChI=1S/C12H17NO6S/c14-8-12(5-1-2-6-12)7-13-20(17,18)10-4-3-9(19-10)11(15)16/h3-4,13-14H,1-2,5-8H2,(H,15,16). The first-order valence-corrected chi connectivity index (χ1v) is 7.81. The summed E-state index contributed by atoms with van der Waals surface area (Å²) in [7, 11) is -3.90. The number of furan rings is 1. The van der Waals surface area contributed by atoms with E-state index >= 15 is 0 Å². The Morgan fingerprint density at radius 1 is 1.35 bits per heavy atom. The fourth-order valence-corrected chi connectivity index (χ4v) is 3.50. The van der Waals surface area contributed by atoms with E-state index in [0.29, 0.717) is 0 Å². The zero-order chi connectivity index (χ0) is 14.8. The van der Waals surface area contributed by atoms with Crippen molar-refractivity contribution in [3.63, 3.8) is 0 Å². The van der Waals surface area contributed by atoms with E-state index in [4.69, 9.17) is 9.52 Å². The van der Waals surface area contributed by atoms with E-state index in [2.05, 4.69) is 4.72 Å². The zero-order valence-corrected chi connectivity index (χ0v) is 11.6. The molecule has 1 fully saturated rings. The van der Waals surface area contributed by atoms with Crippen LogP contribution in [0.25, 0.3) is 0 Å². The number of aliphatic hydroxyl groups is 1. The SMILES string of the molecule is O=C(O)c1ccc(S(=O)(=O)NCC2(CO)CCCC2)o1. The third kappa shape index (κ3) is 3.02. The minimum Gasteiger partial charge on any atom is -0.475 e. The number of carboxylic acid groups (broad SMARTS) is 1. The molecule has 1 aliphatic rings. The van der Waals surface area contributed by atoms with Gasteiger partial charge in [0.25, 0.3) is 10.0 Å². The Hall–Kier alpha value is -1.38. The first-order chi connectivity index (χ1) is 9.38. The summed E-state index contributed by atoms with van der Waals surface area (Å²) in [4.78, 5) is 10.7. The molecule has 0 radical (unpaired) electrons. The van der Waals surface area contributed by atoms with Gasteiger partial charge in [0, 0.05) is 18.6 Å². The van der Waals surface area contributed by atoms with Gasteiger partial charge in [0.1, 0.15) is 0 Å². The Bertz CT molecular complexity index is 585. The number of hydrogen-bond donors (Lipinski definition) is 3. The number of carbonyl (C=O) groups is 1. The molecule has 20 heavy (non-hydrogen) atoms. The first-order valence-electron chi connectivity index (χ1n) is 6.32. The summed E-state index contributed by atoms with van der Waals surface area (Å²) >= 11 is 0. The van der Waals surface area contributed by atoms with Crippen molar-refractivity contribution < 1.29 is 27.8 Å². The highest BCUT2D eigenvalue weighted by Gasteiger charge is 2.35. The van der Waals surface area contributed by atoms with Crippen LogP contribution in [0, 0.1) is 5.41 Å². The van der Waals surface area contributed by atoms with Gasteiger partial charge in [-0.2, -0.15) is 0 Å². The molecule has 0 saturated heterocycles. The normalized spacial score (nSPS) is 18.2. The number of sulfonamides is 1. The van der Waals surface area contributed by atoms with Crippen LogP contribution in [-0.4, -0.2) is 37.8 Å². The fraction of sp³-hybridized carbons (Fsp3) is 0.583. The number of aliphatic hydroxyl groups excluding tert-OH is 1. The lowest BCUT2D eigenvalue weighted by Gasteiger charge is -2.26. The minimum absolute atomic E-state index is 0.0753. The van der Waals surface area contributed by atoms with Crippen LogP contribution in [0.3, 0.4) is 0 Å². The van der Waals surface area contributed by atoms with E-state index in [1.807, 2.05) is 0 Å². The van der Waals surface area contributed by atoms with Gasteiger partial charge in [0.15, 0.2) is 0 Å². The molecule has 0 atom stereocenters. The highest BCUT2D eigenvalue weighted by molar-refractivity contribution is 7.89. The van der Waals surface area contributed by atoms with Gasteiger partial charge in [0.2, 0.25) is 10.9 Å². The van der Waals surface area contributed by atoms with Gasteiger partial charge in [-0.25, -0.2) is 17.9 Å². The number of nitrogens with one attached hydrogen (secondary N) is 1. The van der Waals surface area contributed by atoms with Crippen LogP contribution in [0.4, 0.5) is 0 Å². The minimum atomic E-state index is -3.90. The number of hydrogen-bond acceptors (Lipinski definition) is 5. The molecule has 0 bridgehead atoms. The van der Waals surface area contributed by atoms with Crippen molar-refractivity contribution in [2.75, 3.05) is 13.2 Å². The van der Waals surface area contributed by atoms with Crippen molar-refractivity contribution in [1.82, 2.24) is 4.72 Å². The lowest BCUT2D eigenvalue weighted by Crippen LogP contribution is -2.38. The molecule has 2 rings (SSSR count). The predicted octanol–water partition coefficient (Wildman–Crippen LogP) is 0.809. The maximum Gasteiger partial charge on any atom is 0.371 e. The van der Waals surface area contributed by atoms with Crippen molar-refractivity contribution in [3.05, 3.63) is 17.9 Å². The third-order valence-corrected chi connectivity index (χ3v) is 4.97. The van der Waals surface area contributed by atoms with Crippen molar-refractivity contribution in [3.8, 4) is 0 Å². The van der Waals surface area contributed by atoms with Crippen LogP contribution >= 0.6 is 0 Å². The lowest BCUT2D eigenvalue weighted by molar-refractivity contribution is 0.0656. The molecule has 0 unspecified atom stereocenters. The Kier molecular flexibility index (Phi) is 4.17. The van der Waals surface area contributed by atoms with Crippen LogP contribution in [-0.2, 0) is 10.0 Å². The predicted molar refractivity (Wildman–Crippen MR) is 68.8 cm³/mol. The summed E-state index contributed by atoms with van der Waals surface area (Å²) in [5, 5.41) is 17.7. The van der Waals surface area contributed by atoms with Gasteiger partial charge in [-0.3, -0.25) is 0 Å². The molecule has 0 aliphatic heterocycles. The lowest BCUT2D eigenvalue weighted by atomic mass is 9.88. The Labute approximate surface area is 116 Å². The number of carboxylic acids is 1. The van der Waals surface area contributed by atoms with Crippen molar-refractivity contribution in [2.45, 2.75) is 30.8 Å². The van der Waals surface area contributed by atoms with Crippen molar-refractivity contribution in [1.29, 1.82) is 0 Å². The van der Waals surface area contributed by atoms with Crippen LogP contribution < -0.4 is 4.72 Å². The Balaban J connectivity index is 2.08. The van der Waals surface area contributed by atoms with Gasteiger partial charge >= 0.3 is 5.97 Å². The highest BCUT2D eigenvalue weighted by Crippen LogP contribution is 2.37. The van der Waals surface area contributed by atoms with Crippen molar-refractivity contribution >= 4 is 16.0 Å². The number of aromatic carboxylic acids is 1. The van der Waals surface area contributed by atoms with E-state index < -0.39 is 32.3 Å². The average molecular weight is 303 g/mol. The molecule has 1 heterocycles. The van der Waals surface area contributed by atoms with Gasteiger partial charge in [-0.15, -0.1) is 0 Å². The Morgan fingerprint density at radius 3 is 2.50 bits per heavy atom. The largest absolute Gasteiger partial charge is 0.475 e. The second kappa shape index (κ2) is 5.55. The summed E-state index contributed by atoms with van der Waals surface area (Å²) in [5.74, 6) is -1.75. The van der Waals surface area contributed by atoms with E-state index in [1.54, 1.807) is 0 Å². The third-order valence-electron chi connectivity index (χ3n) is 3.69. The molecule has 1 aliphatic carbocycles. The summed E-state index contributed by atoms with van der Waals surface area (Å²) in [6.45, 7) is 0.0446. The molecule has 8 heteroatoms. The van der Waals surface area contributed by atoms with Gasteiger partial charge < -0.3 is 14.6 Å². The highest BCUT2D eigenvalue weighted by atomic mass is 32.2. The molecule has 1 aromatic heterocycles. The smallest absolute Gasteiger partial charge is 0.371 e. The molecule has 0 aromatic carbocycles. The molecule has 1 aromatic rings. The molecular weight excluding hydrogens is 286 g/mol. The molecule has 0 amide bonds. The quantitative estimate of drug-likeness (QED) is 0.716. The summed E-state index contributed by atoms with van der Waals surface area (Å²) < 4.78 is 31.2.